The number of nitrogens with zero attached hydrogens (tertiary/aromatic N) is 2. The summed E-state index contributed by atoms with van der Waals surface area (Å²) < 4.78 is 15.3. The molecule has 1 heterocycles. The number of carbonyl (C=O) groups excluding carboxylic acids is 3. The first-order valence-electron chi connectivity index (χ1n) is 12.1. The van der Waals surface area contributed by atoms with Crippen LogP contribution in [-0.4, -0.2) is 43.3 Å². The first-order chi connectivity index (χ1) is 19.6. The number of hydrogen-bond acceptors (Lipinski definition) is 9. The van der Waals surface area contributed by atoms with Crippen LogP contribution in [0, 0.1) is 21.8 Å². The molecule has 3 rings (SSSR count). The molecule has 0 spiro atoms. The number of benzene rings is 2. The molecule has 10 nitrogen and oxygen atoms in total. The van der Waals surface area contributed by atoms with E-state index in [9.17, 15) is 14.4 Å². The summed E-state index contributed by atoms with van der Waals surface area (Å²) in [5.41, 5.74) is 2.66. The summed E-state index contributed by atoms with van der Waals surface area (Å²) in [5.74, 6) is -1.12. The van der Waals surface area contributed by atoms with Crippen molar-refractivity contribution in [1.82, 2.24) is 4.98 Å². The van der Waals surface area contributed by atoms with E-state index in [1.165, 1.54) is 13.3 Å². The molecule has 1 aromatic heterocycles. The third-order valence-electron chi connectivity index (χ3n) is 5.18. The summed E-state index contributed by atoms with van der Waals surface area (Å²) in [6.07, 6.45) is 1.52. The first kappa shape index (κ1) is 33.8. The predicted octanol–water partition coefficient (Wildman–Crippen LogP) is 6.65. The van der Waals surface area contributed by atoms with E-state index in [1.807, 2.05) is 48.6 Å². The second-order valence-corrected chi connectivity index (χ2v) is 10.1. The molecule has 0 unspecified atom stereocenters. The molecule has 0 atom stereocenters. The first-order valence-corrected chi connectivity index (χ1v) is 13.9. The third kappa shape index (κ3) is 10.8. The molecule has 13 heteroatoms. The van der Waals surface area contributed by atoms with Crippen molar-refractivity contribution in [2.24, 2.45) is 0 Å². The van der Waals surface area contributed by atoms with Gasteiger partial charge in [0.15, 0.2) is 12.6 Å². The van der Waals surface area contributed by atoms with Crippen molar-refractivity contribution >= 4 is 80.8 Å². The number of rotatable bonds is 10. The average molecular weight is 713 g/mol. The van der Waals surface area contributed by atoms with E-state index in [-0.39, 0.29) is 36.9 Å². The third-order valence-corrected chi connectivity index (χ3v) is 6.58. The van der Waals surface area contributed by atoms with Gasteiger partial charge in [0.25, 0.3) is 0 Å². The summed E-state index contributed by atoms with van der Waals surface area (Å²) in [6, 6.07) is 14.1. The van der Waals surface area contributed by atoms with E-state index >= 15 is 0 Å². The monoisotopic (exact) mass is 712 g/mol. The Balaban J connectivity index is 0.000000296. The highest BCUT2D eigenvalue weighted by atomic mass is 127. The fourth-order valence-electron chi connectivity index (χ4n) is 3.07. The predicted molar refractivity (Wildman–Crippen MR) is 164 cm³/mol. The molecule has 0 radical (unpaired) electrons. The van der Waals surface area contributed by atoms with E-state index in [2.05, 4.69) is 20.4 Å². The molecule has 216 valence electrons. The van der Waals surface area contributed by atoms with Gasteiger partial charge in [-0.15, -0.1) is 0 Å². The Hall–Kier alpha value is -3.44. The largest absolute Gasteiger partial charge is 0.469 e. The van der Waals surface area contributed by atoms with Crippen LogP contribution in [-0.2, 0) is 23.8 Å². The Bertz CT molecular complexity index is 1430. The fourth-order valence-corrected chi connectivity index (χ4v) is 3.98. The number of aromatic nitrogens is 1. The zero-order valence-corrected chi connectivity index (χ0v) is 26.1. The SMILES string of the molecule is CCOCOC(=O)c1ccccc1Nc1c(Cl)ccc(C)c1Cl.COC(=O)CCC(=O)Nc1ncc(I)cc1C#N. The second-order valence-electron chi connectivity index (χ2n) is 8.05. The molecule has 0 aliphatic heterocycles. The summed E-state index contributed by atoms with van der Waals surface area (Å²) in [5, 5.41) is 15.5. The second kappa shape index (κ2) is 17.4. The van der Waals surface area contributed by atoms with E-state index in [1.54, 1.807) is 36.4 Å². The van der Waals surface area contributed by atoms with Gasteiger partial charge in [-0.05, 0) is 66.3 Å². The highest BCUT2D eigenvalue weighted by Gasteiger charge is 2.16. The number of aryl methyl sites for hydroxylation is 1. The van der Waals surface area contributed by atoms with Crippen molar-refractivity contribution in [2.45, 2.75) is 26.7 Å². The van der Waals surface area contributed by atoms with Crippen LogP contribution >= 0.6 is 45.8 Å². The Morgan fingerprint density at radius 3 is 2.54 bits per heavy atom. The minimum atomic E-state index is -0.485. The maximum absolute atomic E-state index is 12.2. The van der Waals surface area contributed by atoms with Gasteiger partial charge >= 0.3 is 11.9 Å². The van der Waals surface area contributed by atoms with Crippen LogP contribution < -0.4 is 10.6 Å². The molecule has 0 aliphatic rings. The van der Waals surface area contributed by atoms with Gasteiger partial charge in [-0.25, -0.2) is 9.78 Å². The van der Waals surface area contributed by atoms with Crippen LogP contribution in [0.5, 0.6) is 0 Å². The Morgan fingerprint density at radius 1 is 1.12 bits per heavy atom. The zero-order chi connectivity index (χ0) is 30.4. The smallest absolute Gasteiger partial charge is 0.342 e. The average Bonchev–Trinajstić information content (AvgIpc) is 2.97. The molecule has 2 N–H and O–H groups in total. The van der Waals surface area contributed by atoms with Crippen LogP contribution in [0.25, 0.3) is 0 Å². The topological polar surface area (TPSA) is 140 Å². The number of nitrogens with one attached hydrogen (secondary N) is 2. The normalized spacial score (nSPS) is 9.98. The molecular weight excluding hydrogens is 686 g/mol. The number of amides is 1. The molecule has 0 saturated carbocycles. The molecule has 0 fully saturated rings. The number of methoxy groups -OCH3 is 1. The summed E-state index contributed by atoms with van der Waals surface area (Å²) in [4.78, 5) is 38.5. The van der Waals surface area contributed by atoms with Crippen molar-refractivity contribution in [3.05, 3.63) is 79.0 Å². The lowest BCUT2D eigenvalue weighted by Gasteiger charge is -2.15. The van der Waals surface area contributed by atoms with Crippen LogP contribution in [0.3, 0.4) is 0 Å². The summed E-state index contributed by atoms with van der Waals surface area (Å²) in [6.45, 7) is 4.09. The van der Waals surface area contributed by atoms with Crippen molar-refractivity contribution in [3.8, 4) is 6.07 Å². The van der Waals surface area contributed by atoms with Crippen LogP contribution in [0.15, 0.2) is 48.7 Å². The van der Waals surface area contributed by atoms with Gasteiger partial charge in [0.2, 0.25) is 5.91 Å². The van der Waals surface area contributed by atoms with Gasteiger partial charge in [-0.2, -0.15) is 5.26 Å². The Kier molecular flexibility index (Phi) is 14.3. The highest BCUT2D eigenvalue weighted by Crippen LogP contribution is 2.36. The van der Waals surface area contributed by atoms with E-state index < -0.39 is 11.9 Å². The highest BCUT2D eigenvalue weighted by molar-refractivity contribution is 14.1. The van der Waals surface area contributed by atoms with Crippen molar-refractivity contribution in [1.29, 1.82) is 5.26 Å². The van der Waals surface area contributed by atoms with Crippen molar-refractivity contribution < 1.29 is 28.6 Å². The van der Waals surface area contributed by atoms with Gasteiger partial charge in [0.1, 0.15) is 6.07 Å². The minimum absolute atomic E-state index is 0.00537. The van der Waals surface area contributed by atoms with Gasteiger partial charge < -0.3 is 24.8 Å². The maximum atomic E-state index is 12.2. The number of carbonyl (C=O) groups is 3. The summed E-state index contributed by atoms with van der Waals surface area (Å²) in [7, 11) is 1.26. The maximum Gasteiger partial charge on any atom is 0.342 e. The standard InChI is InChI=1S/C17H17Cl2NO3.C11H10IN3O3/c1-3-22-10-23-17(21)12-6-4-5-7-14(12)20-16-13(18)9-8-11(2)15(16)19;1-18-10(17)3-2-9(16)15-11-7(5-13)4-8(12)6-14-11/h4-9,20H,3,10H2,1-2H3;4,6H,2-3H2,1H3,(H,14,15,16). The number of hydrogen-bond donors (Lipinski definition) is 2. The molecule has 0 bridgehead atoms. The van der Waals surface area contributed by atoms with Gasteiger partial charge in [0, 0.05) is 22.8 Å². The lowest BCUT2D eigenvalue weighted by Crippen LogP contribution is -2.15. The van der Waals surface area contributed by atoms with E-state index in [0.29, 0.717) is 33.6 Å². The Labute approximate surface area is 261 Å². The van der Waals surface area contributed by atoms with Crippen LogP contribution in [0.2, 0.25) is 10.0 Å². The molecule has 2 aromatic carbocycles. The number of nitriles is 1. The number of anilines is 3. The van der Waals surface area contributed by atoms with Crippen molar-refractivity contribution in [2.75, 3.05) is 31.1 Å². The van der Waals surface area contributed by atoms with Gasteiger partial charge in [-0.3, -0.25) is 9.59 Å². The minimum Gasteiger partial charge on any atom is -0.469 e. The van der Waals surface area contributed by atoms with E-state index in [0.717, 1.165) is 9.13 Å². The fraction of sp³-hybridized carbons (Fsp3) is 0.250. The lowest BCUT2D eigenvalue weighted by molar-refractivity contribution is -0.141. The van der Waals surface area contributed by atoms with E-state index in [4.69, 9.17) is 37.9 Å². The number of para-hydroxylation sites is 1. The van der Waals surface area contributed by atoms with Gasteiger partial charge in [0.05, 0.1) is 46.1 Å². The quantitative estimate of drug-likeness (QED) is 0.102. The number of ether oxygens (including phenoxy) is 3. The Morgan fingerprint density at radius 2 is 1.85 bits per heavy atom. The number of esters is 2. The zero-order valence-electron chi connectivity index (χ0n) is 22.4. The number of pyridine rings is 1. The van der Waals surface area contributed by atoms with Crippen LogP contribution in [0.4, 0.5) is 17.2 Å². The molecule has 3 aromatic rings. The molecule has 41 heavy (non-hydrogen) atoms. The molecule has 1 amide bonds. The molecule has 0 saturated heterocycles. The van der Waals surface area contributed by atoms with Crippen molar-refractivity contribution in [3.63, 3.8) is 0 Å². The summed E-state index contributed by atoms with van der Waals surface area (Å²) >= 11 is 14.5. The van der Waals surface area contributed by atoms with Crippen LogP contribution in [0.1, 0.15) is 41.3 Å². The van der Waals surface area contributed by atoms with Gasteiger partial charge in [-0.1, -0.05) is 41.4 Å². The molecule has 0 aliphatic carbocycles. The lowest BCUT2D eigenvalue weighted by atomic mass is 10.1. The molecular formula is C28H27Cl2IN4O6. The number of halogens is 3.